The number of hydrogen-bond donors (Lipinski definition) is 1. The molecule has 0 bridgehead atoms. The van der Waals surface area contributed by atoms with Crippen LogP contribution in [0.1, 0.15) is 35.2 Å². The van der Waals surface area contributed by atoms with Gasteiger partial charge in [0.25, 0.3) is 5.91 Å². The fraction of sp³-hybridized carbons (Fsp3) is 0.562. The van der Waals surface area contributed by atoms with E-state index in [0.717, 1.165) is 31.4 Å². The van der Waals surface area contributed by atoms with Crippen LogP contribution < -0.4 is 15.2 Å². The van der Waals surface area contributed by atoms with Crippen molar-refractivity contribution in [3.8, 4) is 11.5 Å². The molecule has 5 nitrogen and oxygen atoms in total. The van der Waals surface area contributed by atoms with E-state index in [1.165, 1.54) is 0 Å². The van der Waals surface area contributed by atoms with Crippen molar-refractivity contribution in [2.24, 2.45) is 5.73 Å². The average molecular weight is 292 g/mol. The molecule has 116 valence electrons. The van der Waals surface area contributed by atoms with Gasteiger partial charge in [-0.25, -0.2) is 0 Å². The van der Waals surface area contributed by atoms with E-state index in [1.54, 1.807) is 20.3 Å². The Labute approximate surface area is 126 Å². The van der Waals surface area contributed by atoms with Crippen LogP contribution >= 0.6 is 0 Å². The second-order valence-corrected chi connectivity index (χ2v) is 5.41. The number of benzene rings is 1. The number of aryl methyl sites for hydroxylation is 1. The summed E-state index contributed by atoms with van der Waals surface area (Å²) in [5, 5.41) is 0. The van der Waals surface area contributed by atoms with Crippen molar-refractivity contribution in [2.75, 3.05) is 27.3 Å². The lowest BCUT2D eigenvalue weighted by Gasteiger charge is -2.35. The van der Waals surface area contributed by atoms with E-state index in [1.807, 2.05) is 17.9 Å². The number of ether oxygens (including phenoxy) is 2. The van der Waals surface area contributed by atoms with E-state index in [-0.39, 0.29) is 11.9 Å². The number of hydrogen-bond acceptors (Lipinski definition) is 4. The quantitative estimate of drug-likeness (QED) is 0.921. The van der Waals surface area contributed by atoms with Gasteiger partial charge in [0.05, 0.1) is 14.2 Å². The van der Waals surface area contributed by atoms with E-state index in [4.69, 9.17) is 15.2 Å². The molecule has 0 aromatic heterocycles. The summed E-state index contributed by atoms with van der Waals surface area (Å²) in [5.74, 6) is 1.25. The highest BCUT2D eigenvalue weighted by Crippen LogP contribution is 2.31. The Balaban J connectivity index is 2.33. The third-order valence-electron chi connectivity index (χ3n) is 4.12. The van der Waals surface area contributed by atoms with Crippen molar-refractivity contribution < 1.29 is 14.3 Å². The number of carbonyl (C=O) groups is 1. The molecular formula is C16H24N2O3. The minimum atomic E-state index is 0.0311. The van der Waals surface area contributed by atoms with Gasteiger partial charge in [-0.3, -0.25) is 4.79 Å². The van der Waals surface area contributed by atoms with Crippen molar-refractivity contribution in [1.29, 1.82) is 0 Å². The molecule has 1 saturated heterocycles. The standard InChI is InChI=1S/C16H24N2O3/c1-11-8-14(20-2)15(21-3)9-13(11)16(19)18-7-5-4-6-12(18)10-17/h8-9,12H,4-7,10,17H2,1-3H3. The van der Waals surface area contributed by atoms with Crippen LogP contribution in [0.5, 0.6) is 11.5 Å². The Morgan fingerprint density at radius 1 is 1.29 bits per heavy atom. The third kappa shape index (κ3) is 3.13. The van der Waals surface area contributed by atoms with Crippen LogP contribution in [-0.2, 0) is 0 Å². The first-order valence-corrected chi connectivity index (χ1v) is 7.36. The molecule has 2 N–H and O–H groups in total. The molecular weight excluding hydrogens is 268 g/mol. The molecule has 0 radical (unpaired) electrons. The maximum absolute atomic E-state index is 12.8. The summed E-state index contributed by atoms with van der Waals surface area (Å²) in [6.07, 6.45) is 3.15. The number of amides is 1. The van der Waals surface area contributed by atoms with E-state index >= 15 is 0 Å². The third-order valence-corrected chi connectivity index (χ3v) is 4.12. The van der Waals surface area contributed by atoms with Crippen molar-refractivity contribution in [1.82, 2.24) is 4.90 Å². The van der Waals surface area contributed by atoms with Gasteiger partial charge in [-0.2, -0.15) is 0 Å². The maximum Gasteiger partial charge on any atom is 0.254 e. The zero-order chi connectivity index (χ0) is 15.4. The van der Waals surface area contributed by atoms with Crippen LogP contribution in [0.4, 0.5) is 0 Å². The van der Waals surface area contributed by atoms with Crippen molar-refractivity contribution in [3.05, 3.63) is 23.3 Å². The number of rotatable bonds is 4. The summed E-state index contributed by atoms with van der Waals surface area (Å²) in [7, 11) is 3.17. The number of nitrogens with zero attached hydrogens (tertiary/aromatic N) is 1. The SMILES string of the molecule is COc1cc(C)c(C(=O)N2CCCCC2CN)cc1OC. The second-order valence-electron chi connectivity index (χ2n) is 5.41. The second kappa shape index (κ2) is 6.80. The van der Waals surface area contributed by atoms with Gasteiger partial charge in [0.1, 0.15) is 0 Å². The van der Waals surface area contributed by atoms with E-state index < -0.39 is 0 Å². The van der Waals surface area contributed by atoms with Gasteiger partial charge in [-0.05, 0) is 43.9 Å². The highest BCUT2D eigenvalue weighted by atomic mass is 16.5. The zero-order valence-electron chi connectivity index (χ0n) is 13.0. The first-order valence-electron chi connectivity index (χ1n) is 7.36. The molecule has 1 unspecified atom stereocenters. The molecule has 0 aliphatic carbocycles. The number of piperidine rings is 1. The van der Waals surface area contributed by atoms with Gasteiger partial charge in [0.15, 0.2) is 11.5 Å². The Kier molecular flexibility index (Phi) is 5.07. The van der Waals surface area contributed by atoms with Crippen LogP contribution in [0.3, 0.4) is 0 Å². The Bertz CT molecular complexity index is 516. The van der Waals surface area contributed by atoms with Gasteiger partial charge in [0, 0.05) is 24.7 Å². The predicted octanol–water partition coefficient (Wildman–Crippen LogP) is 1.97. The lowest BCUT2D eigenvalue weighted by Crippen LogP contribution is -2.47. The molecule has 1 heterocycles. The van der Waals surface area contributed by atoms with E-state index in [2.05, 4.69) is 0 Å². The fourth-order valence-electron chi connectivity index (χ4n) is 2.88. The molecule has 2 rings (SSSR count). The summed E-state index contributed by atoms with van der Waals surface area (Å²) in [5.41, 5.74) is 7.36. The smallest absolute Gasteiger partial charge is 0.254 e. The maximum atomic E-state index is 12.8. The van der Waals surface area contributed by atoms with E-state index in [0.29, 0.717) is 23.6 Å². The monoisotopic (exact) mass is 292 g/mol. The van der Waals surface area contributed by atoms with Crippen LogP contribution in [0.2, 0.25) is 0 Å². The Morgan fingerprint density at radius 2 is 1.95 bits per heavy atom. The minimum absolute atomic E-state index is 0.0311. The predicted molar refractivity (Wildman–Crippen MR) is 82.0 cm³/mol. The highest BCUT2D eigenvalue weighted by Gasteiger charge is 2.28. The van der Waals surface area contributed by atoms with Crippen LogP contribution in [0.25, 0.3) is 0 Å². The number of likely N-dealkylation sites (tertiary alicyclic amines) is 1. The topological polar surface area (TPSA) is 64.8 Å². The van der Waals surface area contributed by atoms with Crippen molar-refractivity contribution >= 4 is 5.91 Å². The molecule has 1 aliphatic heterocycles. The molecule has 0 saturated carbocycles. The van der Waals surface area contributed by atoms with Gasteiger partial charge in [0.2, 0.25) is 0 Å². The normalized spacial score (nSPS) is 18.5. The van der Waals surface area contributed by atoms with Gasteiger partial charge < -0.3 is 20.1 Å². The fourth-order valence-corrected chi connectivity index (χ4v) is 2.88. The molecule has 1 aromatic carbocycles. The van der Waals surface area contributed by atoms with Crippen LogP contribution in [-0.4, -0.2) is 44.2 Å². The Morgan fingerprint density at radius 3 is 2.57 bits per heavy atom. The molecule has 21 heavy (non-hydrogen) atoms. The van der Waals surface area contributed by atoms with Crippen LogP contribution in [0, 0.1) is 6.92 Å². The summed E-state index contributed by atoms with van der Waals surface area (Å²) < 4.78 is 10.6. The summed E-state index contributed by atoms with van der Waals surface area (Å²) in [6.45, 7) is 3.20. The lowest BCUT2D eigenvalue weighted by molar-refractivity contribution is 0.0622. The highest BCUT2D eigenvalue weighted by molar-refractivity contribution is 5.96. The first-order chi connectivity index (χ1) is 10.1. The molecule has 1 amide bonds. The summed E-state index contributed by atoms with van der Waals surface area (Å²) >= 11 is 0. The van der Waals surface area contributed by atoms with Gasteiger partial charge in [-0.1, -0.05) is 0 Å². The zero-order valence-corrected chi connectivity index (χ0v) is 13.0. The molecule has 5 heteroatoms. The van der Waals surface area contributed by atoms with Crippen molar-refractivity contribution in [2.45, 2.75) is 32.2 Å². The molecule has 1 atom stereocenters. The average Bonchev–Trinajstić information content (AvgIpc) is 2.53. The van der Waals surface area contributed by atoms with Crippen LogP contribution in [0.15, 0.2) is 12.1 Å². The summed E-state index contributed by atoms with van der Waals surface area (Å²) in [6, 6.07) is 3.74. The number of methoxy groups -OCH3 is 2. The van der Waals surface area contributed by atoms with Gasteiger partial charge in [-0.15, -0.1) is 0 Å². The van der Waals surface area contributed by atoms with Gasteiger partial charge >= 0.3 is 0 Å². The lowest BCUT2D eigenvalue weighted by atomic mass is 9.99. The largest absolute Gasteiger partial charge is 0.493 e. The molecule has 1 fully saturated rings. The summed E-state index contributed by atoms with van der Waals surface area (Å²) in [4.78, 5) is 14.7. The molecule has 1 aliphatic rings. The number of nitrogens with two attached hydrogens (primary N) is 1. The minimum Gasteiger partial charge on any atom is -0.493 e. The first kappa shape index (κ1) is 15.6. The molecule has 1 aromatic rings. The Hall–Kier alpha value is -1.75. The molecule has 0 spiro atoms. The number of carbonyl (C=O) groups excluding carboxylic acids is 1. The van der Waals surface area contributed by atoms with E-state index in [9.17, 15) is 4.79 Å². The van der Waals surface area contributed by atoms with Crippen molar-refractivity contribution in [3.63, 3.8) is 0 Å².